The lowest BCUT2D eigenvalue weighted by atomic mass is 10.2. The van der Waals surface area contributed by atoms with Crippen LogP contribution in [-0.4, -0.2) is 22.0 Å². The molecule has 0 atom stereocenters. The summed E-state index contributed by atoms with van der Waals surface area (Å²) in [6.07, 6.45) is 1.92. The van der Waals surface area contributed by atoms with Crippen molar-refractivity contribution in [2.24, 2.45) is 0 Å². The Morgan fingerprint density at radius 3 is 3.11 bits per heavy atom. The fraction of sp³-hybridized carbons (Fsp3) is 0.143. The van der Waals surface area contributed by atoms with E-state index in [0.29, 0.717) is 12.2 Å². The van der Waals surface area contributed by atoms with Crippen LogP contribution in [0.25, 0.3) is 16.9 Å². The molecule has 96 valence electrons. The van der Waals surface area contributed by atoms with E-state index in [9.17, 15) is 4.79 Å². The van der Waals surface area contributed by atoms with Crippen molar-refractivity contribution in [1.82, 2.24) is 9.38 Å². The molecule has 0 bridgehead atoms. The van der Waals surface area contributed by atoms with E-state index in [1.54, 1.807) is 12.4 Å². The monoisotopic (exact) mass is 272 g/mol. The molecule has 0 spiro atoms. The average Bonchev–Trinajstić information content (AvgIpc) is 3.05. The van der Waals surface area contributed by atoms with Crippen molar-refractivity contribution in [3.8, 4) is 11.4 Å². The van der Waals surface area contributed by atoms with Gasteiger partial charge >= 0.3 is 5.97 Å². The molecule has 3 rings (SSSR count). The topological polar surface area (TPSA) is 43.6 Å². The molecule has 0 fully saturated rings. The Bertz CT molecular complexity index is 716. The Kier molecular flexibility index (Phi) is 3.05. The second-order valence-corrected chi connectivity index (χ2v) is 4.71. The van der Waals surface area contributed by atoms with Gasteiger partial charge in [0.25, 0.3) is 0 Å². The molecule has 0 aliphatic rings. The van der Waals surface area contributed by atoms with Gasteiger partial charge in [-0.3, -0.25) is 0 Å². The molecule has 0 unspecified atom stereocenters. The third-order valence-electron chi connectivity index (χ3n) is 2.85. The van der Waals surface area contributed by atoms with Crippen LogP contribution < -0.4 is 0 Å². The van der Waals surface area contributed by atoms with Crippen LogP contribution in [0.15, 0.2) is 41.4 Å². The van der Waals surface area contributed by atoms with Crippen molar-refractivity contribution in [2.45, 2.75) is 6.92 Å². The highest BCUT2D eigenvalue weighted by Gasteiger charge is 2.20. The van der Waals surface area contributed by atoms with Crippen LogP contribution in [0.2, 0.25) is 0 Å². The van der Waals surface area contributed by atoms with Crippen molar-refractivity contribution >= 4 is 22.8 Å². The predicted molar refractivity (Wildman–Crippen MR) is 74.5 cm³/mol. The number of nitrogens with zero attached hydrogens (tertiary/aromatic N) is 2. The van der Waals surface area contributed by atoms with Gasteiger partial charge in [-0.15, -0.1) is 11.3 Å². The van der Waals surface area contributed by atoms with Gasteiger partial charge in [0.1, 0.15) is 0 Å². The van der Waals surface area contributed by atoms with Gasteiger partial charge in [-0.05, 0) is 25.1 Å². The minimum absolute atomic E-state index is 0.311. The summed E-state index contributed by atoms with van der Waals surface area (Å²) in [7, 11) is 0. The van der Waals surface area contributed by atoms with Crippen LogP contribution in [-0.2, 0) is 4.74 Å². The standard InChI is InChI=1S/C14H12N2O2S/c1-2-18-14(17)11-7-10-5-3-4-6-16(10)13(11)12-8-19-9-15-12/h3-9H,2H2,1H3. The van der Waals surface area contributed by atoms with Crippen LogP contribution in [0.1, 0.15) is 17.3 Å². The first-order valence-corrected chi connectivity index (χ1v) is 6.91. The Hall–Kier alpha value is -2.14. The smallest absolute Gasteiger partial charge is 0.340 e. The quantitative estimate of drug-likeness (QED) is 0.687. The van der Waals surface area contributed by atoms with E-state index in [1.807, 2.05) is 40.2 Å². The highest BCUT2D eigenvalue weighted by Crippen LogP contribution is 2.28. The Balaban J connectivity index is 2.26. The van der Waals surface area contributed by atoms with Gasteiger partial charge in [0, 0.05) is 17.1 Å². The zero-order valence-electron chi connectivity index (χ0n) is 10.4. The molecule has 0 radical (unpaired) electrons. The summed E-state index contributed by atoms with van der Waals surface area (Å²) in [6, 6.07) is 7.66. The lowest BCUT2D eigenvalue weighted by Crippen LogP contribution is -2.05. The molecule has 3 aromatic rings. The number of pyridine rings is 1. The van der Waals surface area contributed by atoms with E-state index in [0.717, 1.165) is 16.9 Å². The molecular formula is C14H12N2O2S. The van der Waals surface area contributed by atoms with Crippen LogP contribution >= 0.6 is 11.3 Å². The minimum atomic E-state index is -0.311. The summed E-state index contributed by atoms with van der Waals surface area (Å²) in [5, 5.41) is 1.93. The maximum absolute atomic E-state index is 12.1. The molecule has 0 aliphatic heterocycles. The molecule has 0 N–H and O–H groups in total. The molecule has 5 heteroatoms. The van der Waals surface area contributed by atoms with E-state index in [1.165, 1.54) is 11.3 Å². The van der Waals surface area contributed by atoms with Crippen molar-refractivity contribution in [3.05, 3.63) is 46.9 Å². The summed E-state index contributed by atoms with van der Waals surface area (Å²) in [4.78, 5) is 16.4. The molecule has 0 aliphatic carbocycles. The summed E-state index contributed by atoms with van der Waals surface area (Å²) in [6.45, 7) is 2.16. The van der Waals surface area contributed by atoms with E-state index in [4.69, 9.17) is 4.74 Å². The summed E-state index contributed by atoms with van der Waals surface area (Å²) < 4.78 is 7.08. The van der Waals surface area contributed by atoms with Crippen molar-refractivity contribution < 1.29 is 9.53 Å². The van der Waals surface area contributed by atoms with Crippen LogP contribution in [0, 0.1) is 0 Å². The maximum Gasteiger partial charge on any atom is 0.340 e. The lowest BCUT2D eigenvalue weighted by molar-refractivity contribution is 0.0527. The largest absolute Gasteiger partial charge is 0.462 e. The minimum Gasteiger partial charge on any atom is -0.462 e. The first-order chi connectivity index (χ1) is 9.31. The highest BCUT2D eigenvalue weighted by molar-refractivity contribution is 7.07. The Morgan fingerprint density at radius 2 is 2.37 bits per heavy atom. The van der Waals surface area contributed by atoms with Crippen molar-refractivity contribution in [1.29, 1.82) is 0 Å². The highest BCUT2D eigenvalue weighted by atomic mass is 32.1. The number of ether oxygens (including phenoxy) is 1. The molecule has 0 aromatic carbocycles. The lowest BCUT2D eigenvalue weighted by Gasteiger charge is -2.03. The number of esters is 1. The van der Waals surface area contributed by atoms with Crippen molar-refractivity contribution in [3.63, 3.8) is 0 Å². The molecule has 0 amide bonds. The Labute approximate surface area is 114 Å². The van der Waals surface area contributed by atoms with E-state index < -0.39 is 0 Å². The van der Waals surface area contributed by atoms with Gasteiger partial charge in [0.05, 0.1) is 29.1 Å². The SMILES string of the molecule is CCOC(=O)c1cc2ccccn2c1-c1cscn1. The second-order valence-electron chi connectivity index (χ2n) is 4.00. The fourth-order valence-electron chi connectivity index (χ4n) is 2.08. The van der Waals surface area contributed by atoms with Gasteiger partial charge in [-0.2, -0.15) is 0 Å². The van der Waals surface area contributed by atoms with Gasteiger partial charge in [0.2, 0.25) is 0 Å². The molecular weight excluding hydrogens is 260 g/mol. The molecule has 0 saturated heterocycles. The molecule has 0 saturated carbocycles. The van der Waals surface area contributed by atoms with Gasteiger partial charge in [-0.25, -0.2) is 9.78 Å². The van der Waals surface area contributed by atoms with Crippen LogP contribution in [0.3, 0.4) is 0 Å². The number of aromatic nitrogens is 2. The van der Waals surface area contributed by atoms with Crippen LogP contribution in [0.5, 0.6) is 0 Å². The zero-order chi connectivity index (χ0) is 13.2. The number of rotatable bonds is 3. The molecule has 4 nitrogen and oxygen atoms in total. The number of thiazole rings is 1. The third-order valence-corrected chi connectivity index (χ3v) is 3.44. The Morgan fingerprint density at radius 1 is 1.47 bits per heavy atom. The van der Waals surface area contributed by atoms with Gasteiger partial charge in [0.15, 0.2) is 0 Å². The normalized spacial score (nSPS) is 10.8. The van der Waals surface area contributed by atoms with E-state index in [2.05, 4.69) is 4.98 Å². The maximum atomic E-state index is 12.1. The number of hydrogen-bond donors (Lipinski definition) is 0. The third kappa shape index (κ3) is 2.02. The molecule has 3 aromatic heterocycles. The van der Waals surface area contributed by atoms with Crippen LogP contribution in [0.4, 0.5) is 0 Å². The number of hydrogen-bond acceptors (Lipinski definition) is 4. The van der Waals surface area contributed by atoms with Gasteiger partial charge < -0.3 is 9.14 Å². The van der Waals surface area contributed by atoms with Gasteiger partial charge in [-0.1, -0.05) is 6.07 Å². The molecule has 19 heavy (non-hydrogen) atoms. The number of carbonyl (C=O) groups is 1. The summed E-state index contributed by atoms with van der Waals surface area (Å²) in [5.74, 6) is -0.311. The van der Waals surface area contributed by atoms with E-state index >= 15 is 0 Å². The first kappa shape index (κ1) is 11.9. The predicted octanol–water partition coefficient (Wildman–Crippen LogP) is 3.24. The zero-order valence-corrected chi connectivity index (χ0v) is 11.2. The summed E-state index contributed by atoms with van der Waals surface area (Å²) >= 11 is 1.50. The number of carbonyl (C=O) groups excluding carboxylic acids is 1. The van der Waals surface area contributed by atoms with Crippen molar-refractivity contribution in [2.75, 3.05) is 6.61 Å². The second kappa shape index (κ2) is 4.85. The first-order valence-electron chi connectivity index (χ1n) is 5.97. The summed E-state index contributed by atoms with van der Waals surface area (Å²) in [5.41, 5.74) is 4.84. The number of fused-ring (bicyclic) bond motifs is 1. The molecule has 3 heterocycles. The van der Waals surface area contributed by atoms with E-state index in [-0.39, 0.29) is 5.97 Å². The fourth-order valence-corrected chi connectivity index (χ4v) is 2.62. The average molecular weight is 272 g/mol.